The molecule has 0 saturated carbocycles. The Morgan fingerprint density at radius 3 is 2.69 bits per heavy atom. The molecule has 2 heterocycles. The van der Waals surface area contributed by atoms with Crippen molar-refractivity contribution in [2.24, 2.45) is 5.41 Å². The van der Waals surface area contributed by atoms with Gasteiger partial charge in [-0.2, -0.15) is 0 Å². The molecule has 1 aromatic carbocycles. The number of carboxylic acids is 1. The van der Waals surface area contributed by atoms with Crippen molar-refractivity contribution in [3.63, 3.8) is 0 Å². The lowest BCUT2D eigenvalue weighted by molar-refractivity contribution is -0.147. The van der Waals surface area contributed by atoms with Crippen LogP contribution in [0, 0.1) is 5.41 Å². The van der Waals surface area contributed by atoms with Crippen molar-refractivity contribution in [1.29, 1.82) is 0 Å². The molecule has 2 aliphatic heterocycles. The van der Waals surface area contributed by atoms with E-state index in [0.717, 1.165) is 19.5 Å². The SMILES string of the molecule is CC1(C(=O)O)CCN(C(=O)NCC2CCCCN2Cc2ccccc2)C1. The van der Waals surface area contributed by atoms with E-state index in [0.29, 0.717) is 25.6 Å². The fourth-order valence-electron chi connectivity index (χ4n) is 3.94. The van der Waals surface area contributed by atoms with Crippen molar-refractivity contribution in [1.82, 2.24) is 15.1 Å². The number of urea groups is 1. The van der Waals surface area contributed by atoms with Gasteiger partial charge in [-0.15, -0.1) is 0 Å². The molecule has 2 N–H and O–H groups in total. The van der Waals surface area contributed by atoms with E-state index in [1.54, 1.807) is 11.8 Å². The summed E-state index contributed by atoms with van der Waals surface area (Å²) in [6.07, 6.45) is 3.98. The van der Waals surface area contributed by atoms with Gasteiger partial charge in [0.15, 0.2) is 0 Å². The van der Waals surface area contributed by atoms with Crippen molar-refractivity contribution >= 4 is 12.0 Å². The number of benzene rings is 1. The number of hydrogen-bond acceptors (Lipinski definition) is 3. The van der Waals surface area contributed by atoms with Crippen LogP contribution in [0.1, 0.15) is 38.2 Å². The minimum Gasteiger partial charge on any atom is -0.481 e. The van der Waals surface area contributed by atoms with Crippen LogP contribution in [0.15, 0.2) is 30.3 Å². The van der Waals surface area contributed by atoms with Crippen LogP contribution in [0.5, 0.6) is 0 Å². The Bertz CT molecular complexity index is 636. The van der Waals surface area contributed by atoms with Gasteiger partial charge in [-0.25, -0.2) is 4.79 Å². The Kier molecular flexibility index (Phi) is 5.81. The van der Waals surface area contributed by atoms with Gasteiger partial charge in [-0.3, -0.25) is 9.69 Å². The molecule has 2 amide bonds. The summed E-state index contributed by atoms with van der Waals surface area (Å²) in [5, 5.41) is 12.4. The highest BCUT2D eigenvalue weighted by atomic mass is 16.4. The first-order chi connectivity index (χ1) is 12.5. The minimum atomic E-state index is -0.825. The Balaban J connectivity index is 1.52. The Labute approximate surface area is 155 Å². The summed E-state index contributed by atoms with van der Waals surface area (Å²) >= 11 is 0. The normalized spacial score (nSPS) is 26.7. The first-order valence-electron chi connectivity index (χ1n) is 9.52. The van der Waals surface area contributed by atoms with E-state index < -0.39 is 11.4 Å². The largest absolute Gasteiger partial charge is 0.481 e. The maximum absolute atomic E-state index is 12.5. The van der Waals surface area contributed by atoms with Crippen LogP contribution in [0.4, 0.5) is 4.79 Å². The molecule has 0 bridgehead atoms. The third kappa shape index (κ3) is 4.36. The smallest absolute Gasteiger partial charge is 0.317 e. The van der Waals surface area contributed by atoms with Crippen molar-refractivity contribution < 1.29 is 14.7 Å². The molecule has 1 aromatic rings. The Hall–Kier alpha value is -2.08. The number of rotatable bonds is 5. The summed E-state index contributed by atoms with van der Waals surface area (Å²) < 4.78 is 0. The van der Waals surface area contributed by atoms with Crippen LogP contribution in [-0.4, -0.2) is 59.1 Å². The van der Waals surface area contributed by atoms with Gasteiger partial charge in [0, 0.05) is 32.2 Å². The van der Waals surface area contributed by atoms with E-state index >= 15 is 0 Å². The standard InChI is InChI=1S/C20H29N3O3/c1-20(18(24)25)10-12-23(15-20)19(26)21-13-17-9-5-6-11-22(17)14-16-7-3-2-4-8-16/h2-4,7-8,17H,5-6,9-15H2,1H3,(H,21,26)(H,24,25). The van der Waals surface area contributed by atoms with Crippen LogP contribution in [0.3, 0.4) is 0 Å². The second kappa shape index (κ2) is 8.08. The number of aliphatic carboxylic acids is 1. The van der Waals surface area contributed by atoms with Crippen molar-refractivity contribution in [2.75, 3.05) is 26.2 Å². The first-order valence-corrected chi connectivity index (χ1v) is 9.52. The summed E-state index contributed by atoms with van der Waals surface area (Å²) in [5.74, 6) is -0.825. The van der Waals surface area contributed by atoms with Crippen LogP contribution >= 0.6 is 0 Å². The van der Waals surface area contributed by atoms with Crippen molar-refractivity contribution in [3.8, 4) is 0 Å². The third-order valence-corrected chi connectivity index (χ3v) is 5.74. The molecule has 2 unspecified atom stereocenters. The van der Waals surface area contributed by atoms with Gasteiger partial charge in [0.2, 0.25) is 0 Å². The summed E-state index contributed by atoms with van der Waals surface area (Å²) in [4.78, 5) is 27.9. The predicted molar refractivity (Wildman–Crippen MR) is 99.8 cm³/mol. The molecule has 142 valence electrons. The van der Waals surface area contributed by atoms with Crippen LogP contribution in [-0.2, 0) is 11.3 Å². The number of carbonyl (C=O) groups is 2. The lowest BCUT2D eigenvalue weighted by Gasteiger charge is -2.36. The van der Waals surface area contributed by atoms with E-state index in [1.165, 1.54) is 18.4 Å². The molecule has 0 spiro atoms. The molecular weight excluding hydrogens is 330 g/mol. The lowest BCUT2D eigenvalue weighted by atomic mass is 9.90. The predicted octanol–water partition coefficient (Wildman–Crippen LogP) is 2.55. The van der Waals surface area contributed by atoms with E-state index in [1.807, 2.05) is 6.07 Å². The van der Waals surface area contributed by atoms with Gasteiger partial charge in [0.05, 0.1) is 5.41 Å². The van der Waals surface area contributed by atoms with Gasteiger partial charge in [0.1, 0.15) is 0 Å². The number of amides is 2. The second-order valence-electron chi connectivity index (χ2n) is 7.83. The number of hydrogen-bond donors (Lipinski definition) is 2. The van der Waals surface area contributed by atoms with E-state index in [2.05, 4.69) is 34.5 Å². The Morgan fingerprint density at radius 1 is 1.23 bits per heavy atom. The highest BCUT2D eigenvalue weighted by molar-refractivity contribution is 5.79. The van der Waals surface area contributed by atoms with Gasteiger partial charge >= 0.3 is 12.0 Å². The van der Waals surface area contributed by atoms with E-state index in [-0.39, 0.29) is 12.6 Å². The average molecular weight is 359 g/mol. The first kappa shape index (κ1) is 18.7. The van der Waals surface area contributed by atoms with Gasteiger partial charge in [-0.1, -0.05) is 36.8 Å². The number of piperidine rings is 1. The average Bonchev–Trinajstić information content (AvgIpc) is 3.05. The molecule has 3 rings (SSSR count). The number of nitrogens with zero attached hydrogens (tertiary/aromatic N) is 2. The highest BCUT2D eigenvalue weighted by Crippen LogP contribution is 2.30. The maximum Gasteiger partial charge on any atom is 0.317 e. The molecule has 2 atom stereocenters. The van der Waals surface area contributed by atoms with E-state index in [9.17, 15) is 14.7 Å². The molecule has 0 aliphatic carbocycles. The quantitative estimate of drug-likeness (QED) is 0.847. The van der Waals surface area contributed by atoms with Crippen molar-refractivity contribution in [2.45, 2.75) is 45.2 Å². The number of nitrogens with one attached hydrogen (secondary N) is 1. The fourth-order valence-corrected chi connectivity index (χ4v) is 3.94. The Morgan fingerprint density at radius 2 is 2.00 bits per heavy atom. The zero-order chi connectivity index (χ0) is 18.6. The topological polar surface area (TPSA) is 72.9 Å². The summed E-state index contributed by atoms with van der Waals surface area (Å²) in [6.45, 7) is 5.08. The zero-order valence-corrected chi connectivity index (χ0v) is 15.5. The summed E-state index contributed by atoms with van der Waals surface area (Å²) in [6, 6.07) is 10.6. The van der Waals surface area contributed by atoms with Gasteiger partial charge in [0.25, 0.3) is 0 Å². The van der Waals surface area contributed by atoms with Crippen molar-refractivity contribution in [3.05, 3.63) is 35.9 Å². The number of carboxylic acid groups (broad SMARTS) is 1. The van der Waals surface area contributed by atoms with E-state index in [4.69, 9.17) is 0 Å². The third-order valence-electron chi connectivity index (χ3n) is 5.74. The van der Waals surface area contributed by atoms with Gasteiger partial charge < -0.3 is 15.3 Å². The summed E-state index contributed by atoms with van der Waals surface area (Å²) in [7, 11) is 0. The fraction of sp³-hybridized carbons (Fsp3) is 0.600. The van der Waals surface area contributed by atoms with Crippen LogP contribution < -0.4 is 5.32 Å². The summed E-state index contributed by atoms with van der Waals surface area (Å²) in [5.41, 5.74) is 0.476. The molecule has 6 heteroatoms. The van der Waals surface area contributed by atoms with Crippen LogP contribution in [0.2, 0.25) is 0 Å². The molecule has 2 fully saturated rings. The number of likely N-dealkylation sites (tertiary alicyclic amines) is 2. The molecule has 6 nitrogen and oxygen atoms in total. The minimum absolute atomic E-state index is 0.139. The number of carbonyl (C=O) groups excluding carboxylic acids is 1. The molecule has 0 aromatic heterocycles. The monoisotopic (exact) mass is 359 g/mol. The van der Waals surface area contributed by atoms with Gasteiger partial charge in [-0.05, 0) is 38.3 Å². The molecule has 2 aliphatic rings. The molecular formula is C20H29N3O3. The molecule has 2 saturated heterocycles. The molecule has 26 heavy (non-hydrogen) atoms. The van der Waals surface area contributed by atoms with Crippen LogP contribution in [0.25, 0.3) is 0 Å². The lowest BCUT2D eigenvalue weighted by Crippen LogP contribution is -2.49. The zero-order valence-electron chi connectivity index (χ0n) is 15.5. The highest BCUT2D eigenvalue weighted by Gasteiger charge is 2.42. The maximum atomic E-state index is 12.5. The molecule has 0 radical (unpaired) electrons. The second-order valence-corrected chi connectivity index (χ2v) is 7.83.